The van der Waals surface area contributed by atoms with Crippen LogP contribution in [0.2, 0.25) is 0 Å². The van der Waals surface area contributed by atoms with Crippen LogP contribution in [0.4, 0.5) is 17.0 Å². The van der Waals surface area contributed by atoms with E-state index in [2.05, 4.69) is 25.3 Å². The minimum absolute atomic E-state index is 0.297. The molecule has 150 valence electrons. The molecule has 0 atom stereocenters. The van der Waals surface area contributed by atoms with Crippen molar-refractivity contribution in [3.63, 3.8) is 0 Å². The second-order valence-corrected chi connectivity index (χ2v) is 9.48. The van der Waals surface area contributed by atoms with Gasteiger partial charge in [-0.1, -0.05) is 12.1 Å². The zero-order valence-corrected chi connectivity index (χ0v) is 18.2. The van der Waals surface area contributed by atoms with Crippen molar-refractivity contribution in [2.24, 2.45) is 5.92 Å². The Bertz CT molecular complexity index is 1010. The number of carbonyl (C=O) groups excluding carboxylic acids is 1. The lowest BCUT2D eigenvalue weighted by molar-refractivity contribution is -0.119. The first-order chi connectivity index (χ1) is 14.0. The molecule has 9 heteroatoms. The predicted octanol–water partition coefficient (Wildman–Crippen LogP) is 4.12. The van der Waals surface area contributed by atoms with Gasteiger partial charge in [0.15, 0.2) is 10.3 Å². The Morgan fingerprint density at radius 2 is 1.97 bits per heavy atom. The van der Waals surface area contributed by atoms with Crippen molar-refractivity contribution in [3.05, 3.63) is 40.9 Å². The van der Waals surface area contributed by atoms with E-state index in [1.807, 2.05) is 56.4 Å². The van der Waals surface area contributed by atoms with E-state index in [0.29, 0.717) is 35.2 Å². The van der Waals surface area contributed by atoms with E-state index in [1.54, 1.807) is 11.3 Å². The zero-order chi connectivity index (χ0) is 20.4. The normalized spacial score (nSPS) is 13.3. The molecule has 3 aromatic rings. The van der Waals surface area contributed by atoms with Crippen LogP contribution in [0.1, 0.15) is 23.3 Å². The molecule has 1 N–H and O–H groups in total. The van der Waals surface area contributed by atoms with Gasteiger partial charge < -0.3 is 4.90 Å². The Balaban J connectivity index is 1.50. The Kier molecular flexibility index (Phi) is 5.77. The number of anilines is 3. The fourth-order valence-corrected chi connectivity index (χ4v) is 4.09. The zero-order valence-electron chi connectivity index (χ0n) is 16.5. The summed E-state index contributed by atoms with van der Waals surface area (Å²) >= 11 is 3.01. The van der Waals surface area contributed by atoms with Crippen LogP contribution in [0.15, 0.2) is 40.5 Å². The van der Waals surface area contributed by atoms with Crippen LogP contribution < -0.4 is 10.2 Å². The molecule has 1 aliphatic rings. The average Bonchev–Trinajstić information content (AvgIpc) is 3.46. The highest BCUT2D eigenvalue weighted by atomic mass is 32.2. The third kappa shape index (κ3) is 5.30. The summed E-state index contributed by atoms with van der Waals surface area (Å²) in [5, 5.41) is 4.51. The maximum Gasteiger partial charge on any atom is 0.234 e. The van der Waals surface area contributed by atoms with Crippen molar-refractivity contribution in [1.29, 1.82) is 0 Å². The van der Waals surface area contributed by atoms with Crippen molar-refractivity contribution in [1.82, 2.24) is 19.9 Å². The van der Waals surface area contributed by atoms with E-state index in [9.17, 15) is 4.79 Å². The molecule has 4 rings (SSSR count). The molecule has 0 saturated heterocycles. The molecule has 7 nitrogen and oxygen atoms in total. The Hall–Kier alpha value is -2.52. The quantitative estimate of drug-likeness (QED) is 0.576. The van der Waals surface area contributed by atoms with Crippen molar-refractivity contribution in [3.8, 4) is 0 Å². The summed E-state index contributed by atoms with van der Waals surface area (Å²) in [4.78, 5) is 33.8. The molecule has 0 aliphatic heterocycles. The fourth-order valence-electron chi connectivity index (χ4n) is 2.69. The number of aromatic nitrogens is 4. The molecule has 1 aliphatic carbocycles. The first-order valence-electron chi connectivity index (χ1n) is 9.38. The molecule has 0 radical (unpaired) electrons. The molecule has 0 bridgehead atoms. The number of aryl methyl sites for hydroxylation is 1. The number of thiazole rings is 1. The van der Waals surface area contributed by atoms with Gasteiger partial charge in [-0.15, -0.1) is 11.3 Å². The van der Waals surface area contributed by atoms with Crippen molar-refractivity contribution < 1.29 is 4.79 Å². The highest BCUT2D eigenvalue weighted by Crippen LogP contribution is 2.32. The Labute approximate surface area is 178 Å². The maximum atomic E-state index is 12.0. The molecule has 1 aromatic carbocycles. The van der Waals surface area contributed by atoms with Crippen LogP contribution in [-0.4, -0.2) is 39.8 Å². The number of nitrogens with zero attached hydrogens (tertiary/aromatic N) is 5. The molecule has 29 heavy (non-hydrogen) atoms. The van der Waals surface area contributed by atoms with E-state index in [-0.39, 0.29) is 0 Å². The number of carbonyl (C=O) groups is 1. The van der Waals surface area contributed by atoms with Gasteiger partial charge in [0.25, 0.3) is 0 Å². The van der Waals surface area contributed by atoms with Gasteiger partial charge in [-0.25, -0.2) is 4.98 Å². The van der Waals surface area contributed by atoms with Gasteiger partial charge >= 0.3 is 0 Å². The summed E-state index contributed by atoms with van der Waals surface area (Å²) in [6.07, 6.45) is 4.44. The highest BCUT2D eigenvalue weighted by molar-refractivity contribution is 7.99. The number of Topliss-reactive ketones (excluding diaryl/α,β-unsaturated/α-hetero) is 1. The molecule has 0 amide bonds. The van der Waals surface area contributed by atoms with Gasteiger partial charge in [0.2, 0.25) is 11.9 Å². The summed E-state index contributed by atoms with van der Waals surface area (Å²) in [6.45, 7) is 2.00. The summed E-state index contributed by atoms with van der Waals surface area (Å²) in [5.41, 5.74) is 1.05. The number of benzene rings is 1. The molecule has 1 saturated carbocycles. The van der Waals surface area contributed by atoms with E-state index in [0.717, 1.165) is 33.3 Å². The predicted molar refractivity (Wildman–Crippen MR) is 116 cm³/mol. The van der Waals surface area contributed by atoms with Crippen LogP contribution in [-0.2, 0) is 11.2 Å². The van der Waals surface area contributed by atoms with E-state index in [4.69, 9.17) is 0 Å². The smallest absolute Gasteiger partial charge is 0.234 e. The van der Waals surface area contributed by atoms with Crippen LogP contribution >= 0.6 is 23.1 Å². The van der Waals surface area contributed by atoms with Crippen molar-refractivity contribution in [2.75, 3.05) is 24.3 Å². The highest BCUT2D eigenvalue weighted by Gasteiger charge is 2.29. The molecule has 0 spiro atoms. The van der Waals surface area contributed by atoms with E-state index in [1.165, 1.54) is 11.8 Å². The molecule has 2 aromatic heterocycles. The van der Waals surface area contributed by atoms with Crippen LogP contribution in [0.3, 0.4) is 0 Å². The van der Waals surface area contributed by atoms with Gasteiger partial charge in [0.05, 0.1) is 0 Å². The SMILES string of the molecule is Cc1cnc(Nc2nc(Sc3ccc(CC(=O)C4CC4)cc3)nc(N(C)C)n2)s1. The molecule has 2 heterocycles. The summed E-state index contributed by atoms with van der Waals surface area (Å²) < 4.78 is 0. The fraction of sp³-hybridized carbons (Fsp3) is 0.350. The van der Waals surface area contributed by atoms with Crippen molar-refractivity contribution in [2.45, 2.75) is 36.2 Å². The van der Waals surface area contributed by atoms with Gasteiger partial charge in [-0.2, -0.15) is 15.0 Å². The topological polar surface area (TPSA) is 83.9 Å². The summed E-state index contributed by atoms with van der Waals surface area (Å²) in [5.74, 6) is 1.69. The lowest BCUT2D eigenvalue weighted by Gasteiger charge is -2.12. The monoisotopic (exact) mass is 426 g/mol. The van der Waals surface area contributed by atoms with E-state index >= 15 is 0 Å². The Morgan fingerprint density at radius 1 is 1.21 bits per heavy atom. The van der Waals surface area contributed by atoms with Crippen molar-refractivity contribution >= 4 is 45.9 Å². The van der Waals surface area contributed by atoms with Gasteiger partial charge in [-0.3, -0.25) is 10.1 Å². The number of hydrogen-bond donors (Lipinski definition) is 1. The van der Waals surface area contributed by atoms with Gasteiger partial charge in [0, 0.05) is 42.4 Å². The van der Waals surface area contributed by atoms with Crippen LogP contribution in [0, 0.1) is 12.8 Å². The minimum Gasteiger partial charge on any atom is -0.347 e. The standard InChI is InChI=1S/C20H22N6OS2/c1-12-11-21-19(28-12)23-17-22-18(26(2)3)25-20(24-17)29-15-8-4-13(5-9-15)10-16(27)14-6-7-14/h4-5,8-9,11,14H,6-7,10H2,1-3H3,(H,21,22,23,24,25). The minimum atomic E-state index is 0.297. The van der Waals surface area contributed by atoms with Crippen LogP contribution in [0.5, 0.6) is 0 Å². The first kappa shape index (κ1) is 19.8. The third-order valence-corrected chi connectivity index (χ3v) is 6.09. The molecular weight excluding hydrogens is 404 g/mol. The maximum absolute atomic E-state index is 12.0. The number of nitrogens with one attached hydrogen (secondary N) is 1. The third-order valence-electron chi connectivity index (χ3n) is 4.39. The Morgan fingerprint density at radius 3 is 2.59 bits per heavy atom. The molecular formula is C20H22N6OS2. The van der Waals surface area contributed by atoms with Gasteiger partial charge in [0.1, 0.15) is 5.78 Å². The second-order valence-electron chi connectivity index (χ2n) is 7.20. The average molecular weight is 427 g/mol. The first-order valence-corrected chi connectivity index (χ1v) is 11.0. The van der Waals surface area contributed by atoms with E-state index < -0.39 is 0 Å². The van der Waals surface area contributed by atoms with Gasteiger partial charge in [-0.05, 0) is 49.2 Å². The molecule has 0 unspecified atom stereocenters. The summed E-state index contributed by atoms with van der Waals surface area (Å²) in [7, 11) is 3.79. The second kappa shape index (κ2) is 8.46. The number of ketones is 1. The number of rotatable bonds is 8. The lowest BCUT2D eigenvalue weighted by atomic mass is 10.1. The largest absolute Gasteiger partial charge is 0.347 e. The summed E-state index contributed by atoms with van der Waals surface area (Å²) in [6, 6.07) is 8.04. The number of hydrogen-bond acceptors (Lipinski definition) is 9. The lowest BCUT2D eigenvalue weighted by Crippen LogP contribution is -2.15. The van der Waals surface area contributed by atoms with Crippen LogP contribution in [0.25, 0.3) is 0 Å². The molecule has 1 fully saturated rings.